The highest BCUT2D eigenvalue weighted by atomic mass is 16.5. The third-order valence-electron chi connectivity index (χ3n) is 12.9. The number of anilines is 3. The van der Waals surface area contributed by atoms with Gasteiger partial charge in [-0.1, -0.05) is 24.3 Å². The summed E-state index contributed by atoms with van der Waals surface area (Å²) in [5.41, 5.74) is 10.3. The molecule has 0 bridgehead atoms. The van der Waals surface area contributed by atoms with Crippen LogP contribution in [0.3, 0.4) is 0 Å². The molecular weight excluding hydrogens is 769 g/mol. The summed E-state index contributed by atoms with van der Waals surface area (Å²) in [5, 5.41) is 11.1. The van der Waals surface area contributed by atoms with Crippen molar-refractivity contribution in [2.75, 3.05) is 121 Å². The van der Waals surface area contributed by atoms with Gasteiger partial charge in [0.1, 0.15) is 0 Å². The van der Waals surface area contributed by atoms with Crippen molar-refractivity contribution >= 4 is 52.0 Å². The van der Waals surface area contributed by atoms with Crippen LogP contribution in [0.5, 0.6) is 0 Å². The lowest BCUT2D eigenvalue weighted by molar-refractivity contribution is -0.144. The molecule has 5 heterocycles. The van der Waals surface area contributed by atoms with E-state index in [4.69, 9.17) is 4.74 Å². The van der Waals surface area contributed by atoms with Crippen LogP contribution in [-0.4, -0.2) is 150 Å². The van der Waals surface area contributed by atoms with Crippen molar-refractivity contribution in [2.24, 2.45) is 16.9 Å². The summed E-state index contributed by atoms with van der Waals surface area (Å²) >= 11 is 0. The Morgan fingerprint density at radius 1 is 0.754 bits per heavy atom. The molecule has 3 aromatic carbocycles. The minimum atomic E-state index is -0.282. The first-order valence-corrected chi connectivity index (χ1v) is 22.1. The SMILES string of the molecule is CCOC(=O)C1CC1c1cccc(N2CCN(C)CC2)c1.CN1CCN(c2cccc(C3CC3C(=O)Nc3cc4c5c(c[nH]c5c3)C=NNC4=O)c2)CC1.CN1CCNCC1. The van der Waals surface area contributed by atoms with Crippen molar-refractivity contribution < 1.29 is 19.1 Å². The zero-order valence-corrected chi connectivity index (χ0v) is 36.2. The van der Waals surface area contributed by atoms with E-state index in [-0.39, 0.29) is 35.5 Å². The van der Waals surface area contributed by atoms with Crippen molar-refractivity contribution in [3.05, 3.63) is 89.1 Å². The topological polar surface area (TPSA) is 141 Å². The van der Waals surface area contributed by atoms with Crippen molar-refractivity contribution in [3.8, 4) is 0 Å². The summed E-state index contributed by atoms with van der Waals surface area (Å²) < 4.78 is 5.12. The number of carbonyl (C=O) groups excluding carboxylic acids is 3. The molecule has 2 saturated carbocycles. The zero-order chi connectivity index (χ0) is 42.5. The molecule has 4 N–H and O–H groups in total. The van der Waals surface area contributed by atoms with Gasteiger partial charge in [0.25, 0.3) is 5.91 Å². The van der Waals surface area contributed by atoms with Gasteiger partial charge in [0.05, 0.1) is 24.3 Å². The van der Waals surface area contributed by atoms with E-state index in [1.807, 2.05) is 19.2 Å². The molecule has 0 radical (unpaired) electrons. The molecular formula is C47H62N10O4. The smallest absolute Gasteiger partial charge is 0.309 e. The highest BCUT2D eigenvalue weighted by Crippen LogP contribution is 2.50. The van der Waals surface area contributed by atoms with Gasteiger partial charge in [0, 0.05) is 124 Å². The third-order valence-corrected chi connectivity index (χ3v) is 12.9. The first kappa shape index (κ1) is 42.4. The van der Waals surface area contributed by atoms with E-state index in [1.54, 1.807) is 12.3 Å². The highest BCUT2D eigenvalue weighted by Gasteiger charge is 2.45. The first-order valence-electron chi connectivity index (χ1n) is 22.1. The summed E-state index contributed by atoms with van der Waals surface area (Å²) in [5.74, 6) is 0.288. The lowest BCUT2D eigenvalue weighted by Gasteiger charge is -2.34. The number of likely N-dealkylation sites (N-methyl/N-ethyl adjacent to an activating group) is 3. The summed E-state index contributed by atoms with van der Waals surface area (Å²) in [6, 6.07) is 20.9. The van der Waals surface area contributed by atoms with Gasteiger partial charge in [0.2, 0.25) is 5.91 Å². The number of rotatable bonds is 8. The Labute approximate surface area is 359 Å². The zero-order valence-electron chi connectivity index (χ0n) is 36.2. The van der Waals surface area contributed by atoms with Crippen LogP contribution in [-0.2, 0) is 14.3 Å². The fourth-order valence-corrected chi connectivity index (χ4v) is 8.84. The van der Waals surface area contributed by atoms with E-state index in [9.17, 15) is 14.4 Å². The van der Waals surface area contributed by atoms with Crippen molar-refractivity contribution in [1.29, 1.82) is 0 Å². The van der Waals surface area contributed by atoms with Crippen LogP contribution in [0.2, 0.25) is 0 Å². The molecule has 4 aliphatic heterocycles. The van der Waals surface area contributed by atoms with E-state index < -0.39 is 0 Å². The maximum Gasteiger partial charge on any atom is 0.309 e. The molecule has 1 aromatic heterocycles. The van der Waals surface area contributed by atoms with Crippen LogP contribution in [0.15, 0.2) is 72.0 Å². The second kappa shape index (κ2) is 19.2. The number of hydrazone groups is 1. The van der Waals surface area contributed by atoms with Crippen molar-refractivity contribution in [1.82, 2.24) is 30.4 Å². The number of aromatic nitrogens is 1. The average Bonchev–Trinajstić information content (AvgIpc) is 4.21. The molecule has 10 rings (SSSR count). The molecule has 14 nitrogen and oxygen atoms in total. The number of esters is 1. The molecule has 6 aliphatic rings. The number of nitrogens with zero attached hydrogens (tertiary/aromatic N) is 6. The lowest BCUT2D eigenvalue weighted by atomic mass is 10.0. The van der Waals surface area contributed by atoms with Gasteiger partial charge in [-0.2, -0.15) is 5.10 Å². The highest BCUT2D eigenvalue weighted by molar-refractivity contribution is 6.15. The number of nitrogens with one attached hydrogen (secondary N) is 4. The fourth-order valence-electron chi connectivity index (χ4n) is 8.84. The first-order chi connectivity index (χ1) is 29.6. The molecule has 14 heteroatoms. The summed E-state index contributed by atoms with van der Waals surface area (Å²) in [7, 11) is 6.48. The normalized spacial score (nSPS) is 23.8. The molecule has 5 fully saturated rings. The minimum Gasteiger partial charge on any atom is -0.466 e. The standard InChI is InChI=1S/C25H26N6O2.C17H24N2O2.C5H12N2/c1-30-5-7-31(8-6-30)18-4-2-3-15(9-18)19-12-20(19)24(32)28-17-10-21-23-16(13-26-22(23)11-17)14-27-29-25(21)33;1-3-21-17(20)16-12-15(16)13-5-4-6-14(11-13)19-9-7-18(2)8-10-19;1-7-4-2-6-3-5-7/h2-4,9-11,13-14,19-20,26H,5-8,12H2,1H3,(H,28,32)(H,29,33);4-6,11,15-16H,3,7-10,12H2,1-2H3;6H,2-5H2,1H3. The van der Waals surface area contributed by atoms with Gasteiger partial charge in [-0.15, -0.1) is 0 Å². The van der Waals surface area contributed by atoms with E-state index in [1.165, 1.54) is 35.6 Å². The Morgan fingerprint density at radius 3 is 1.90 bits per heavy atom. The van der Waals surface area contributed by atoms with Crippen molar-refractivity contribution in [3.63, 3.8) is 0 Å². The Hall–Kier alpha value is -5.28. The van der Waals surface area contributed by atoms with E-state index in [0.29, 0.717) is 23.8 Å². The van der Waals surface area contributed by atoms with Gasteiger partial charge in [0.15, 0.2) is 0 Å². The van der Waals surface area contributed by atoms with E-state index in [0.717, 1.165) is 94.8 Å². The summed E-state index contributed by atoms with van der Waals surface area (Å²) in [6.45, 7) is 15.6. The maximum atomic E-state index is 13.0. The van der Waals surface area contributed by atoms with Crippen LogP contribution >= 0.6 is 0 Å². The van der Waals surface area contributed by atoms with E-state index >= 15 is 0 Å². The molecule has 4 aromatic rings. The number of piperazine rings is 3. The Bertz CT molecular complexity index is 2200. The molecule has 61 heavy (non-hydrogen) atoms. The average molecular weight is 831 g/mol. The van der Waals surface area contributed by atoms with Gasteiger partial charge in [-0.05, 0) is 100 Å². The number of H-pyrrole nitrogens is 1. The number of aromatic amines is 1. The quantitative estimate of drug-likeness (QED) is 0.190. The molecule has 3 saturated heterocycles. The van der Waals surface area contributed by atoms with Crippen LogP contribution in [0, 0.1) is 11.8 Å². The lowest BCUT2D eigenvalue weighted by Crippen LogP contribution is -2.44. The second-order valence-electron chi connectivity index (χ2n) is 17.4. The predicted octanol–water partition coefficient (Wildman–Crippen LogP) is 4.37. The van der Waals surface area contributed by atoms with Crippen LogP contribution in [0.25, 0.3) is 10.9 Å². The number of hydrogen-bond donors (Lipinski definition) is 4. The Balaban J connectivity index is 0.000000156. The summed E-state index contributed by atoms with van der Waals surface area (Å²) in [6.07, 6.45) is 5.21. The van der Waals surface area contributed by atoms with Gasteiger partial charge < -0.3 is 44.9 Å². The number of ether oxygens (including phenoxy) is 1. The van der Waals surface area contributed by atoms with Crippen LogP contribution < -0.4 is 25.9 Å². The minimum absolute atomic E-state index is 0.00592. The molecule has 2 amide bonds. The van der Waals surface area contributed by atoms with E-state index in [2.05, 4.69) is 120 Å². The second-order valence-corrected chi connectivity index (χ2v) is 17.4. The molecule has 2 aliphatic carbocycles. The molecule has 324 valence electrons. The predicted molar refractivity (Wildman–Crippen MR) is 243 cm³/mol. The number of amides is 2. The van der Waals surface area contributed by atoms with Crippen molar-refractivity contribution in [2.45, 2.75) is 31.6 Å². The molecule has 4 atom stereocenters. The van der Waals surface area contributed by atoms with Gasteiger partial charge in [-0.3, -0.25) is 14.4 Å². The molecule has 4 unspecified atom stereocenters. The third kappa shape index (κ3) is 10.4. The van der Waals surface area contributed by atoms with Crippen LogP contribution in [0.4, 0.5) is 17.1 Å². The Kier molecular flexibility index (Phi) is 13.3. The maximum absolute atomic E-state index is 13.0. The van der Waals surface area contributed by atoms with Gasteiger partial charge >= 0.3 is 5.97 Å². The number of hydrogen-bond acceptors (Lipinski definition) is 11. The fraction of sp³-hybridized carbons (Fsp3) is 0.489. The monoisotopic (exact) mass is 830 g/mol. The number of benzene rings is 3. The van der Waals surface area contributed by atoms with Gasteiger partial charge in [-0.25, -0.2) is 5.43 Å². The number of carbonyl (C=O) groups is 3. The molecule has 0 spiro atoms. The summed E-state index contributed by atoms with van der Waals surface area (Å²) in [4.78, 5) is 52.3. The van der Waals surface area contributed by atoms with Crippen LogP contribution in [0.1, 0.15) is 58.6 Å². The largest absolute Gasteiger partial charge is 0.466 e. The Morgan fingerprint density at radius 2 is 1.33 bits per heavy atom.